The molecule has 2 aromatic carbocycles. The summed E-state index contributed by atoms with van der Waals surface area (Å²) in [5.41, 5.74) is 0. The maximum Gasteiger partial charge on any atom is 0.328 e. The van der Waals surface area contributed by atoms with Gasteiger partial charge in [-0.1, -0.05) is 12.1 Å². The lowest BCUT2D eigenvalue weighted by molar-refractivity contribution is -0.230. The molecule has 0 spiro atoms. The monoisotopic (exact) mass is 605 g/mol. The molecule has 3 aliphatic rings. The van der Waals surface area contributed by atoms with Crippen LogP contribution in [0.4, 0.5) is 0 Å². The first kappa shape index (κ1) is 30.8. The number of rotatable bonds is 11. The van der Waals surface area contributed by atoms with E-state index in [4.69, 9.17) is 37.9 Å². The molecule has 1 unspecified atom stereocenters. The molecule has 0 aliphatic carbocycles. The zero-order valence-electron chi connectivity index (χ0n) is 24.7. The topological polar surface area (TPSA) is 120 Å². The Balaban J connectivity index is 1.24. The molecule has 1 amide bonds. The summed E-state index contributed by atoms with van der Waals surface area (Å²) in [6.07, 6.45) is 0.116. The first-order chi connectivity index (χ1) is 20.0. The fraction of sp³-hybridized carbons (Fsp3) is 0.600. The molecule has 0 radical (unpaired) electrons. The Labute approximate surface area is 249 Å². The average Bonchev–Trinajstić information content (AvgIpc) is 3.58. The van der Waals surface area contributed by atoms with Crippen LogP contribution in [0.3, 0.4) is 0 Å². The van der Waals surface area contributed by atoms with Crippen molar-refractivity contribution in [2.75, 3.05) is 32.3 Å². The highest BCUT2D eigenvalue weighted by molar-refractivity contribution is 7.98. The van der Waals surface area contributed by atoms with Gasteiger partial charge in [0.1, 0.15) is 35.9 Å². The normalized spacial score (nSPS) is 28.3. The zero-order valence-corrected chi connectivity index (χ0v) is 25.6. The number of ether oxygens (including phenoxy) is 8. The van der Waals surface area contributed by atoms with E-state index in [1.807, 2.05) is 64.3 Å². The van der Waals surface area contributed by atoms with Crippen molar-refractivity contribution in [2.24, 2.45) is 0 Å². The fourth-order valence-electron chi connectivity index (χ4n) is 5.37. The number of benzene rings is 2. The number of methoxy groups -OCH3 is 1. The van der Waals surface area contributed by atoms with E-state index in [-0.39, 0.29) is 18.8 Å². The van der Waals surface area contributed by atoms with Gasteiger partial charge in [0.05, 0.1) is 13.7 Å². The maximum atomic E-state index is 12.5. The highest BCUT2D eigenvalue weighted by Gasteiger charge is 2.60. The van der Waals surface area contributed by atoms with E-state index in [1.54, 1.807) is 17.8 Å². The summed E-state index contributed by atoms with van der Waals surface area (Å²) < 4.78 is 47.3. The first-order valence-corrected chi connectivity index (χ1v) is 15.4. The smallest absolute Gasteiger partial charge is 0.328 e. The van der Waals surface area contributed by atoms with Gasteiger partial charge in [0, 0.05) is 0 Å². The van der Waals surface area contributed by atoms with E-state index >= 15 is 0 Å². The van der Waals surface area contributed by atoms with Crippen molar-refractivity contribution in [3.05, 3.63) is 36.4 Å². The van der Waals surface area contributed by atoms with Crippen molar-refractivity contribution in [2.45, 2.75) is 82.4 Å². The molecule has 42 heavy (non-hydrogen) atoms. The summed E-state index contributed by atoms with van der Waals surface area (Å²) in [6, 6.07) is 10.5. The second-order valence-corrected chi connectivity index (χ2v) is 12.4. The fourth-order valence-corrected chi connectivity index (χ4v) is 5.85. The minimum Gasteiger partial charge on any atom is -0.484 e. The van der Waals surface area contributed by atoms with Crippen LogP contribution in [0.15, 0.2) is 36.4 Å². The Kier molecular flexibility index (Phi) is 9.22. The summed E-state index contributed by atoms with van der Waals surface area (Å²) in [6.45, 7) is 7.62. The van der Waals surface area contributed by atoms with Gasteiger partial charge in [0.2, 0.25) is 6.29 Å². The number of amides is 1. The molecule has 0 bridgehead atoms. The number of carbonyl (C=O) groups is 2. The van der Waals surface area contributed by atoms with E-state index < -0.39 is 48.0 Å². The minimum atomic E-state index is -0.790. The van der Waals surface area contributed by atoms with E-state index in [9.17, 15) is 9.59 Å². The highest BCUT2D eigenvalue weighted by atomic mass is 32.2. The molecule has 11 nitrogen and oxygen atoms in total. The van der Waals surface area contributed by atoms with Crippen LogP contribution in [-0.2, 0) is 38.0 Å². The van der Waals surface area contributed by atoms with E-state index in [2.05, 4.69) is 5.32 Å². The van der Waals surface area contributed by atoms with Gasteiger partial charge in [-0.2, -0.15) is 11.8 Å². The van der Waals surface area contributed by atoms with Gasteiger partial charge in [-0.15, -0.1) is 0 Å². The number of fused-ring (bicyclic) bond motifs is 2. The lowest BCUT2D eigenvalue weighted by Crippen LogP contribution is -2.43. The quantitative estimate of drug-likeness (QED) is 0.380. The zero-order chi connectivity index (χ0) is 30.1. The molecular formula is C30H39NO10S. The number of hydrogen-bond acceptors (Lipinski definition) is 11. The van der Waals surface area contributed by atoms with Crippen molar-refractivity contribution in [1.29, 1.82) is 0 Å². The summed E-state index contributed by atoms with van der Waals surface area (Å²) in [5.74, 6) is -0.593. The Morgan fingerprint density at radius 2 is 1.69 bits per heavy atom. The molecular weight excluding hydrogens is 566 g/mol. The molecule has 0 saturated carbocycles. The van der Waals surface area contributed by atoms with Crippen molar-refractivity contribution in [3.8, 4) is 11.5 Å². The van der Waals surface area contributed by atoms with Crippen LogP contribution in [0.25, 0.3) is 10.8 Å². The second-order valence-electron chi connectivity index (χ2n) is 11.4. The van der Waals surface area contributed by atoms with Crippen LogP contribution < -0.4 is 14.8 Å². The lowest BCUT2D eigenvalue weighted by atomic mass is 10.1. The molecule has 3 aliphatic heterocycles. The van der Waals surface area contributed by atoms with Crippen molar-refractivity contribution in [3.63, 3.8) is 0 Å². The second kappa shape index (κ2) is 12.6. The summed E-state index contributed by atoms with van der Waals surface area (Å²) >= 11 is 1.58. The highest BCUT2D eigenvalue weighted by Crippen LogP contribution is 2.43. The van der Waals surface area contributed by atoms with E-state index in [0.29, 0.717) is 30.3 Å². The third-order valence-corrected chi connectivity index (χ3v) is 7.92. The Hall–Kier alpha value is -2.61. The van der Waals surface area contributed by atoms with Gasteiger partial charge < -0.3 is 43.2 Å². The summed E-state index contributed by atoms with van der Waals surface area (Å²) in [4.78, 5) is 24.5. The van der Waals surface area contributed by atoms with Crippen molar-refractivity contribution in [1.82, 2.24) is 5.32 Å². The molecule has 6 atom stereocenters. The number of esters is 1. The Morgan fingerprint density at radius 3 is 2.38 bits per heavy atom. The van der Waals surface area contributed by atoms with Crippen LogP contribution in [0.1, 0.15) is 34.1 Å². The standard InChI is InChI=1S/C30H39NO10S/c1-29(2)36-15-22(39-29)24-25-26(41-30(3,4)40-25)28(38-24)37-20-10-8-17-7-9-19(13-18(17)14-20)35-16-23(32)31-21(11-12-42-6)27(33)34-5/h7-10,13-14,21-22,24-26,28H,11-12,15-16H2,1-6H3,(H,31,32)/t21-,22?,24+,25-,26-,28-/m0/s1. The molecule has 0 aromatic heterocycles. The van der Waals surface area contributed by atoms with Crippen LogP contribution in [0.2, 0.25) is 0 Å². The molecule has 230 valence electrons. The van der Waals surface area contributed by atoms with Crippen molar-refractivity contribution >= 4 is 34.4 Å². The van der Waals surface area contributed by atoms with Crippen LogP contribution in [0, 0.1) is 0 Å². The molecule has 3 fully saturated rings. The SMILES string of the molecule is COC(=O)[C@H](CCSC)NC(=O)COc1ccc2ccc(O[C@H]3O[C@H](C4COC(C)(C)O4)[C@@H]4OC(C)(C)O[C@H]34)cc2c1. The molecule has 2 aromatic rings. The van der Waals surface area contributed by atoms with Gasteiger partial charge in [0.25, 0.3) is 5.91 Å². The maximum absolute atomic E-state index is 12.5. The summed E-state index contributed by atoms with van der Waals surface area (Å²) in [7, 11) is 1.30. The van der Waals surface area contributed by atoms with Crippen molar-refractivity contribution < 1.29 is 47.5 Å². The number of thioether (sulfide) groups is 1. The predicted molar refractivity (Wildman–Crippen MR) is 154 cm³/mol. The van der Waals surface area contributed by atoms with Gasteiger partial charge >= 0.3 is 5.97 Å². The average molecular weight is 606 g/mol. The van der Waals surface area contributed by atoms with Gasteiger partial charge in [-0.3, -0.25) is 4.79 Å². The van der Waals surface area contributed by atoms with Gasteiger partial charge in [-0.25, -0.2) is 4.79 Å². The van der Waals surface area contributed by atoms with Gasteiger partial charge in [0.15, 0.2) is 24.3 Å². The lowest BCUT2D eigenvalue weighted by Gasteiger charge is -2.27. The van der Waals surface area contributed by atoms with Gasteiger partial charge in [-0.05, 0) is 81.2 Å². The number of hydrogen-bond donors (Lipinski definition) is 1. The summed E-state index contributed by atoms with van der Waals surface area (Å²) in [5, 5.41) is 4.50. The molecule has 3 heterocycles. The van der Waals surface area contributed by atoms with Crippen LogP contribution in [-0.4, -0.2) is 92.5 Å². The third-order valence-electron chi connectivity index (χ3n) is 7.28. The van der Waals surface area contributed by atoms with Crippen LogP contribution in [0.5, 0.6) is 11.5 Å². The van der Waals surface area contributed by atoms with Crippen LogP contribution >= 0.6 is 11.8 Å². The molecule has 1 N–H and O–H groups in total. The minimum absolute atomic E-state index is 0.244. The molecule has 5 rings (SSSR count). The Bertz CT molecular complexity index is 1290. The number of nitrogens with one attached hydrogen (secondary N) is 1. The third kappa shape index (κ3) is 7.12. The molecule has 12 heteroatoms. The Morgan fingerprint density at radius 1 is 0.976 bits per heavy atom. The van der Waals surface area contributed by atoms with E-state index in [1.165, 1.54) is 7.11 Å². The first-order valence-electron chi connectivity index (χ1n) is 14.0. The predicted octanol–water partition coefficient (Wildman–Crippen LogP) is 3.40. The molecule has 3 saturated heterocycles. The van der Waals surface area contributed by atoms with E-state index in [0.717, 1.165) is 10.8 Å². The largest absolute Gasteiger partial charge is 0.484 e. The number of carbonyl (C=O) groups excluding carboxylic acids is 2.